The lowest BCUT2D eigenvalue weighted by Crippen LogP contribution is -2.51. The van der Waals surface area contributed by atoms with Crippen molar-refractivity contribution in [1.29, 1.82) is 0 Å². The molecule has 5 nitrogen and oxygen atoms in total. The molecule has 1 rings (SSSR count). The van der Waals surface area contributed by atoms with Crippen molar-refractivity contribution in [1.82, 2.24) is 5.32 Å². The number of hydrogen-bond donors (Lipinski definition) is 3. The van der Waals surface area contributed by atoms with E-state index in [0.717, 1.165) is 25.7 Å². The highest BCUT2D eigenvalue weighted by Gasteiger charge is 2.32. The zero-order valence-corrected chi connectivity index (χ0v) is 11.3. The third-order valence-electron chi connectivity index (χ3n) is 3.43. The van der Waals surface area contributed by atoms with Gasteiger partial charge in [0.25, 0.3) is 0 Å². The first-order valence-corrected chi connectivity index (χ1v) is 6.54. The van der Waals surface area contributed by atoms with E-state index in [1.165, 1.54) is 6.42 Å². The monoisotopic (exact) mass is 256 g/mol. The molecule has 1 fully saturated rings. The quantitative estimate of drug-likeness (QED) is 0.693. The molecule has 1 amide bonds. The Morgan fingerprint density at radius 1 is 1.28 bits per heavy atom. The van der Waals surface area contributed by atoms with Gasteiger partial charge in [-0.15, -0.1) is 0 Å². The van der Waals surface area contributed by atoms with Gasteiger partial charge in [0.05, 0.1) is 6.42 Å². The number of carbonyl (C=O) groups is 2. The summed E-state index contributed by atoms with van der Waals surface area (Å²) in [6.07, 6.45) is 5.28. The lowest BCUT2D eigenvalue weighted by Gasteiger charge is -2.34. The van der Waals surface area contributed by atoms with Crippen molar-refractivity contribution in [3.05, 3.63) is 0 Å². The molecule has 1 saturated carbocycles. The second kappa shape index (κ2) is 5.69. The molecule has 0 bridgehead atoms. The van der Waals surface area contributed by atoms with Crippen LogP contribution in [-0.2, 0) is 9.59 Å². The first-order chi connectivity index (χ1) is 8.22. The zero-order chi connectivity index (χ0) is 13.8. The summed E-state index contributed by atoms with van der Waals surface area (Å²) in [5.41, 5.74) is 5.07. The van der Waals surface area contributed by atoms with Crippen molar-refractivity contribution < 1.29 is 14.7 Å². The summed E-state index contributed by atoms with van der Waals surface area (Å²) in [5.74, 6) is -1.06. The molecule has 1 aliphatic rings. The van der Waals surface area contributed by atoms with Gasteiger partial charge in [0.2, 0.25) is 5.91 Å². The van der Waals surface area contributed by atoms with Crippen LogP contribution in [0.15, 0.2) is 0 Å². The average Bonchev–Trinajstić information content (AvgIpc) is 2.13. The fourth-order valence-corrected chi connectivity index (χ4v) is 2.60. The Balaban J connectivity index is 2.47. The molecule has 0 aromatic heterocycles. The molecule has 0 unspecified atom stereocenters. The van der Waals surface area contributed by atoms with E-state index in [-0.39, 0.29) is 18.7 Å². The smallest absolute Gasteiger partial charge is 0.305 e. The number of hydrogen-bond acceptors (Lipinski definition) is 3. The summed E-state index contributed by atoms with van der Waals surface area (Å²) in [6.45, 7) is 3.42. The molecule has 0 radical (unpaired) electrons. The Morgan fingerprint density at radius 3 is 2.33 bits per heavy atom. The minimum absolute atomic E-state index is 0.0870. The number of carboxylic acids is 1. The van der Waals surface area contributed by atoms with E-state index in [4.69, 9.17) is 10.8 Å². The van der Waals surface area contributed by atoms with Gasteiger partial charge < -0.3 is 16.2 Å². The molecule has 1 aliphatic carbocycles. The van der Waals surface area contributed by atoms with Crippen molar-refractivity contribution in [3.8, 4) is 0 Å². The van der Waals surface area contributed by atoms with Gasteiger partial charge in [0, 0.05) is 17.5 Å². The standard InChI is InChI=1S/C13H24N2O3/c1-12(2,9-11(17)18)15-10(16)8-13(14)6-4-3-5-7-13/h3-9,14H2,1-2H3,(H,15,16)(H,17,18). The number of aliphatic carboxylic acids is 1. The lowest BCUT2D eigenvalue weighted by atomic mass is 9.80. The molecule has 18 heavy (non-hydrogen) atoms. The fraction of sp³-hybridized carbons (Fsp3) is 0.846. The summed E-state index contributed by atoms with van der Waals surface area (Å²) >= 11 is 0. The highest BCUT2D eigenvalue weighted by Crippen LogP contribution is 2.28. The highest BCUT2D eigenvalue weighted by atomic mass is 16.4. The first-order valence-electron chi connectivity index (χ1n) is 6.54. The Bertz CT molecular complexity index is 320. The predicted molar refractivity (Wildman–Crippen MR) is 69.1 cm³/mol. The van der Waals surface area contributed by atoms with Gasteiger partial charge in [-0.3, -0.25) is 9.59 Å². The van der Waals surface area contributed by atoms with Gasteiger partial charge in [0.1, 0.15) is 0 Å². The molecule has 0 spiro atoms. The van der Waals surface area contributed by atoms with Crippen molar-refractivity contribution in [2.45, 2.75) is 69.9 Å². The average molecular weight is 256 g/mol. The number of rotatable bonds is 5. The van der Waals surface area contributed by atoms with E-state index >= 15 is 0 Å². The Hall–Kier alpha value is -1.10. The van der Waals surface area contributed by atoms with Crippen molar-refractivity contribution in [2.24, 2.45) is 5.73 Å². The van der Waals surface area contributed by atoms with Crippen molar-refractivity contribution >= 4 is 11.9 Å². The third kappa shape index (κ3) is 5.04. The minimum atomic E-state index is -0.916. The minimum Gasteiger partial charge on any atom is -0.481 e. The van der Waals surface area contributed by atoms with Crippen LogP contribution in [0.2, 0.25) is 0 Å². The maximum atomic E-state index is 11.9. The van der Waals surface area contributed by atoms with Crippen LogP contribution in [-0.4, -0.2) is 28.1 Å². The number of nitrogens with one attached hydrogen (secondary N) is 1. The van der Waals surface area contributed by atoms with E-state index in [9.17, 15) is 9.59 Å². The van der Waals surface area contributed by atoms with Gasteiger partial charge in [-0.2, -0.15) is 0 Å². The van der Waals surface area contributed by atoms with E-state index in [1.807, 2.05) is 0 Å². The molecule has 4 N–H and O–H groups in total. The van der Waals surface area contributed by atoms with Crippen LogP contribution in [0, 0.1) is 0 Å². The fourth-order valence-electron chi connectivity index (χ4n) is 2.60. The molecule has 5 heteroatoms. The van der Waals surface area contributed by atoms with Gasteiger partial charge in [-0.05, 0) is 26.7 Å². The maximum Gasteiger partial charge on any atom is 0.305 e. The molecule has 104 valence electrons. The molecule has 0 saturated heterocycles. The summed E-state index contributed by atoms with van der Waals surface area (Å²) < 4.78 is 0. The maximum absolute atomic E-state index is 11.9. The molecule has 0 aromatic carbocycles. The second-order valence-electron chi connectivity index (χ2n) is 6.10. The topological polar surface area (TPSA) is 92.4 Å². The SMILES string of the molecule is CC(C)(CC(=O)O)NC(=O)CC1(N)CCCCC1. The van der Waals surface area contributed by atoms with E-state index in [0.29, 0.717) is 0 Å². The van der Waals surface area contributed by atoms with Crippen LogP contribution in [0.25, 0.3) is 0 Å². The summed E-state index contributed by atoms with van der Waals surface area (Å²) in [5, 5.41) is 11.5. The van der Waals surface area contributed by atoms with E-state index in [2.05, 4.69) is 5.32 Å². The van der Waals surface area contributed by atoms with Gasteiger partial charge in [0.15, 0.2) is 0 Å². The summed E-state index contributed by atoms with van der Waals surface area (Å²) in [7, 11) is 0. The largest absolute Gasteiger partial charge is 0.481 e. The predicted octanol–water partition coefficient (Wildman–Crippen LogP) is 1.41. The van der Waals surface area contributed by atoms with Crippen molar-refractivity contribution in [3.63, 3.8) is 0 Å². The number of nitrogens with two attached hydrogens (primary N) is 1. The van der Waals surface area contributed by atoms with Crippen LogP contribution >= 0.6 is 0 Å². The van der Waals surface area contributed by atoms with Crippen LogP contribution in [0.1, 0.15) is 58.8 Å². The van der Waals surface area contributed by atoms with E-state index in [1.54, 1.807) is 13.8 Å². The Labute approximate surface area is 108 Å². The van der Waals surface area contributed by atoms with Crippen molar-refractivity contribution in [2.75, 3.05) is 0 Å². The second-order valence-corrected chi connectivity index (χ2v) is 6.10. The molecule has 0 atom stereocenters. The Morgan fingerprint density at radius 2 is 1.83 bits per heavy atom. The van der Waals surface area contributed by atoms with E-state index < -0.39 is 17.0 Å². The first kappa shape index (κ1) is 15.0. The summed E-state index contributed by atoms with van der Waals surface area (Å²) in [4.78, 5) is 22.6. The van der Waals surface area contributed by atoms with Gasteiger partial charge in [-0.25, -0.2) is 0 Å². The van der Waals surface area contributed by atoms with Gasteiger partial charge >= 0.3 is 5.97 Å². The highest BCUT2D eigenvalue weighted by molar-refractivity contribution is 5.79. The number of carboxylic acid groups (broad SMARTS) is 1. The van der Waals surface area contributed by atoms with Crippen LogP contribution in [0.4, 0.5) is 0 Å². The zero-order valence-electron chi connectivity index (χ0n) is 11.3. The van der Waals surface area contributed by atoms with Crippen LogP contribution in [0.5, 0.6) is 0 Å². The molecular weight excluding hydrogens is 232 g/mol. The molecule has 0 aromatic rings. The molecular formula is C13H24N2O3. The number of carbonyl (C=O) groups excluding carboxylic acids is 1. The van der Waals surface area contributed by atoms with Crippen LogP contribution < -0.4 is 11.1 Å². The third-order valence-corrected chi connectivity index (χ3v) is 3.43. The lowest BCUT2D eigenvalue weighted by molar-refractivity contribution is -0.138. The van der Waals surface area contributed by atoms with Gasteiger partial charge in [-0.1, -0.05) is 19.3 Å². The number of amides is 1. The van der Waals surface area contributed by atoms with Crippen LogP contribution in [0.3, 0.4) is 0 Å². The summed E-state index contributed by atoms with van der Waals surface area (Å²) in [6, 6.07) is 0. The molecule has 0 aliphatic heterocycles. The molecule has 0 heterocycles. The Kier molecular flexibility index (Phi) is 4.73. The normalized spacial score (nSPS) is 19.3.